The summed E-state index contributed by atoms with van der Waals surface area (Å²) in [5.41, 5.74) is 0.583. The van der Waals surface area contributed by atoms with Gasteiger partial charge in [-0.15, -0.1) is 0 Å². The molecule has 0 N–H and O–H groups in total. The molecule has 1 aromatic carbocycles. The van der Waals surface area contributed by atoms with Crippen LogP contribution < -0.4 is 0 Å². The van der Waals surface area contributed by atoms with Crippen molar-refractivity contribution in [2.75, 3.05) is 5.75 Å². The molecule has 0 saturated carbocycles. The summed E-state index contributed by atoms with van der Waals surface area (Å²) in [5, 5.41) is 0. The quantitative estimate of drug-likeness (QED) is 0.745. The number of hydrogen-bond donors (Lipinski definition) is 0. The minimum absolute atomic E-state index is 0.0597. The maximum absolute atomic E-state index is 11.8. The van der Waals surface area contributed by atoms with E-state index in [2.05, 4.69) is 0 Å². The Kier molecular flexibility index (Phi) is 5.08. The lowest BCUT2D eigenvalue weighted by atomic mass is 10.0. The molecule has 0 aromatic heterocycles. The van der Waals surface area contributed by atoms with E-state index in [1.54, 1.807) is 12.1 Å². The number of carbonyl (C=O) groups is 1. The van der Waals surface area contributed by atoms with Crippen LogP contribution in [-0.2, 0) is 9.84 Å². The van der Waals surface area contributed by atoms with Gasteiger partial charge in [0, 0.05) is 12.0 Å². The second-order valence-corrected chi connectivity index (χ2v) is 6.97. The predicted molar refractivity (Wildman–Crippen MR) is 72.6 cm³/mol. The predicted octanol–water partition coefficient (Wildman–Crippen LogP) is 3.10. The van der Waals surface area contributed by atoms with E-state index in [0.29, 0.717) is 29.2 Å². The Hall–Kier alpha value is -1.16. The van der Waals surface area contributed by atoms with Crippen LogP contribution in [0, 0.1) is 5.92 Å². The van der Waals surface area contributed by atoms with Crippen molar-refractivity contribution in [3.05, 3.63) is 29.8 Å². The third kappa shape index (κ3) is 3.95. The number of Topliss-reactive ketones (excluding diaryl/α,β-unsaturated/α-hetero) is 1. The molecule has 0 fully saturated rings. The highest BCUT2D eigenvalue weighted by Gasteiger charge is 2.14. The van der Waals surface area contributed by atoms with Gasteiger partial charge in [0.2, 0.25) is 0 Å². The minimum Gasteiger partial charge on any atom is -0.294 e. The van der Waals surface area contributed by atoms with Crippen molar-refractivity contribution >= 4 is 15.6 Å². The molecule has 0 heterocycles. The molecule has 0 aliphatic rings. The van der Waals surface area contributed by atoms with Crippen molar-refractivity contribution in [2.24, 2.45) is 5.92 Å². The first kappa shape index (κ1) is 14.9. The molecular formula is C14H20O3S. The average Bonchev–Trinajstić information content (AvgIpc) is 2.28. The van der Waals surface area contributed by atoms with E-state index < -0.39 is 9.84 Å². The highest BCUT2D eigenvalue weighted by molar-refractivity contribution is 7.91. The summed E-state index contributed by atoms with van der Waals surface area (Å²) in [7, 11) is -3.19. The van der Waals surface area contributed by atoms with Crippen LogP contribution in [0.5, 0.6) is 0 Å². The lowest BCUT2D eigenvalue weighted by molar-refractivity contribution is 0.0968. The molecule has 4 heteroatoms. The molecule has 3 nitrogen and oxygen atoms in total. The van der Waals surface area contributed by atoms with Crippen LogP contribution in [0.25, 0.3) is 0 Å². The zero-order chi connectivity index (χ0) is 13.8. The van der Waals surface area contributed by atoms with Crippen LogP contribution in [0.3, 0.4) is 0 Å². The molecule has 0 atom stereocenters. The van der Waals surface area contributed by atoms with Gasteiger partial charge in [0.1, 0.15) is 0 Å². The summed E-state index contributed by atoms with van der Waals surface area (Å²) >= 11 is 0. The Morgan fingerprint density at radius 1 is 1.17 bits per heavy atom. The first-order chi connectivity index (χ1) is 8.36. The Morgan fingerprint density at radius 2 is 1.72 bits per heavy atom. The van der Waals surface area contributed by atoms with Crippen molar-refractivity contribution < 1.29 is 13.2 Å². The number of benzene rings is 1. The number of ketones is 1. The number of rotatable bonds is 6. The number of hydrogen-bond acceptors (Lipinski definition) is 3. The fourth-order valence-electron chi connectivity index (χ4n) is 1.72. The van der Waals surface area contributed by atoms with Crippen LogP contribution in [0.15, 0.2) is 29.2 Å². The largest absolute Gasteiger partial charge is 0.294 e. The molecule has 18 heavy (non-hydrogen) atoms. The van der Waals surface area contributed by atoms with Gasteiger partial charge >= 0.3 is 0 Å². The SMILES string of the molecule is CCCS(=O)(=O)c1ccc(C(=O)CC(C)C)cc1. The fourth-order valence-corrected chi connectivity index (χ4v) is 3.05. The van der Waals surface area contributed by atoms with Gasteiger partial charge in [-0.2, -0.15) is 0 Å². The summed E-state index contributed by atoms with van der Waals surface area (Å²) < 4.78 is 23.6. The summed E-state index contributed by atoms with van der Waals surface area (Å²) in [6.07, 6.45) is 1.08. The van der Waals surface area contributed by atoms with Crippen LogP contribution in [0.1, 0.15) is 44.0 Å². The lowest BCUT2D eigenvalue weighted by Crippen LogP contribution is -2.07. The smallest absolute Gasteiger partial charge is 0.178 e. The van der Waals surface area contributed by atoms with Crippen LogP contribution in [-0.4, -0.2) is 20.0 Å². The minimum atomic E-state index is -3.19. The maximum Gasteiger partial charge on any atom is 0.178 e. The summed E-state index contributed by atoms with van der Waals surface area (Å²) in [4.78, 5) is 12.1. The van der Waals surface area contributed by atoms with E-state index >= 15 is 0 Å². The van der Waals surface area contributed by atoms with Crippen LogP contribution >= 0.6 is 0 Å². The molecule has 0 amide bonds. The normalized spacial score (nSPS) is 11.8. The highest BCUT2D eigenvalue weighted by atomic mass is 32.2. The van der Waals surface area contributed by atoms with Gasteiger partial charge in [0.15, 0.2) is 15.6 Å². The maximum atomic E-state index is 11.8. The topological polar surface area (TPSA) is 51.2 Å². The van der Waals surface area contributed by atoms with Crippen LogP contribution in [0.4, 0.5) is 0 Å². The highest BCUT2D eigenvalue weighted by Crippen LogP contribution is 2.15. The first-order valence-electron chi connectivity index (χ1n) is 6.23. The molecule has 0 radical (unpaired) electrons. The lowest BCUT2D eigenvalue weighted by Gasteiger charge is -2.06. The van der Waals surface area contributed by atoms with Gasteiger partial charge in [-0.3, -0.25) is 4.79 Å². The van der Waals surface area contributed by atoms with E-state index in [1.165, 1.54) is 12.1 Å². The zero-order valence-electron chi connectivity index (χ0n) is 11.1. The van der Waals surface area contributed by atoms with Gasteiger partial charge in [-0.05, 0) is 24.5 Å². The average molecular weight is 268 g/mol. The Morgan fingerprint density at radius 3 is 2.17 bits per heavy atom. The van der Waals surface area contributed by atoms with Crippen molar-refractivity contribution in [3.63, 3.8) is 0 Å². The molecular weight excluding hydrogens is 248 g/mol. The monoisotopic (exact) mass is 268 g/mol. The molecule has 1 rings (SSSR count). The molecule has 0 bridgehead atoms. The summed E-state index contributed by atoms with van der Waals surface area (Å²) in [5.74, 6) is 0.511. The number of carbonyl (C=O) groups excluding carboxylic acids is 1. The van der Waals surface area contributed by atoms with Gasteiger partial charge in [0.25, 0.3) is 0 Å². The third-order valence-electron chi connectivity index (χ3n) is 2.60. The Balaban J connectivity index is 2.90. The van der Waals surface area contributed by atoms with Gasteiger partial charge in [-0.25, -0.2) is 8.42 Å². The molecule has 0 unspecified atom stereocenters. The van der Waals surface area contributed by atoms with E-state index in [0.717, 1.165) is 0 Å². The van der Waals surface area contributed by atoms with Crippen molar-refractivity contribution in [3.8, 4) is 0 Å². The standard InChI is InChI=1S/C14H20O3S/c1-4-9-18(16,17)13-7-5-12(6-8-13)14(15)10-11(2)3/h5-8,11H,4,9-10H2,1-3H3. The van der Waals surface area contributed by atoms with E-state index in [9.17, 15) is 13.2 Å². The van der Waals surface area contributed by atoms with Gasteiger partial charge in [0.05, 0.1) is 10.6 Å². The second-order valence-electron chi connectivity index (χ2n) is 4.86. The molecule has 0 spiro atoms. The molecule has 0 aliphatic heterocycles. The number of sulfone groups is 1. The first-order valence-corrected chi connectivity index (χ1v) is 7.88. The second kappa shape index (κ2) is 6.14. The van der Waals surface area contributed by atoms with Crippen molar-refractivity contribution in [1.29, 1.82) is 0 Å². The zero-order valence-corrected chi connectivity index (χ0v) is 12.0. The molecule has 0 aliphatic carbocycles. The van der Waals surface area contributed by atoms with Crippen LogP contribution in [0.2, 0.25) is 0 Å². The van der Waals surface area contributed by atoms with E-state index in [-0.39, 0.29) is 11.5 Å². The molecule has 0 saturated heterocycles. The van der Waals surface area contributed by atoms with Crippen molar-refractivity contribution in [1.82, 2.24) is 0 Å². The summed E-state index contributed by atoms with van der Waals surface area (Å²) in [6.45, 7) is 5.80. The summed E-state index contributed by atoms with van der Waals surface area (Å²) in [6, 6.07) is 6.26. The van der Waals surface area contributed by atoms with E-state index in [1.807, 2.05) is 20.8 Å². The molecule has 1 aromatic rings. The Labute approximate surface area is 109 Å². The third-order valence-corrected chi connectivity index (χ3v) is 4.54. The Bertz CT molecular complexity index is 498. The van der Waals surface area contributed by atoms with E-state index in [4.69, 9.17) is 0 Å². The fraction of sp³-hybridized carbons (Fsp3) is 0.500. The molecule has 100 valence electrons. The van der Waals surface area contributed by atoms with Gasteiger partial charge in [-0.1, -0.05) is 32.9 Å². The van der Waals surface area contributed by atoms with Crippen molar-refractivity contribution in [2.45, 2.75) is 38.5 Å². The van der Waals surface area contributed by atoms with Gasteiger partial charge < -0.3 is 0 Å².